The molecular weight excluding hydrogens is 700 g/mol. The van der Waals surface area contributed by atoms with Gasteiger partial charge in [0.25, 0.3) is 0 Å². The molecule has 0 amide bonds. The Morgan fingerprint density at radius 3 is 1.96 bits per heavy atom. The van der Waals surface area contributed by atoms with E-state index in [9.17, 15) is 45.6 Å². The molecule has 0 bridgehead atoms. The summed E-state index contributed by atoms with van der Waals surface area (Å²) in [5.74, 6) is -0.564. The number of hydrogen-bond acceptors (Lipinski definition) is 13. The Labute approximate surface area is 319 Å². The number of allylic oxidation sites excluding steroid dienone is 1. The molecule has 7 aliphatic rings. The van der Waals surface area contributed by atoms with Gasteiger partial charge in [0.05, 0.1) is 30.8 Å². The van der Waals surface area contributed by atoms with E-state index in [1.54, 1.807) is 0 Å². The van der Waals surface area contributed by atoms with Gasteiger partial charge in [-0.05, 0) is 96.7 Å². The van der Waals surface area contributed by atoms with Crippen molar-refractivity contribution in [3.8, 4) is 0 Å². The SMILES string of the molecule is CC1(C)CC[C@]2(C(=O)O[C@@H]3O[C@H](CO)[C@@H](O)[C@H](O)[C@H]3O)CC[C@]3(C)C(=CC[C@@H]4[C@@]5(C)CC[C@H](O[C@H]6O[C@H](CO)[C@@H](O)[C@@H]6O)C(C)(C)[C@@H]5CC[C@]43C)[C@@H]2[C@@H]1O. The summed E-state index contributed by atoms with van der Waals surface area (Å²) in [5, 5.41) is 84.3. The second-order valence-electron chi connectivity index (χ2n) is 20.2. The van der Waals surface area contributed by atoms with Crippen molar-refractivity contribution in [2.75, 3.05) is 13.2 Å². The molecule has 8 N–H and O–H groups in total. The van der Waals surface area contributed by atoms with Crippen molar-refractivity contribution in [3.05, 3.63) is 11.6 Å². The number of aliphatic hydroxyl groups is 8. The first-order chi connectivity index (χ1) is 25.1. The second-order valence-corrected chi connectivity index (χ2v) is 20.2. The van der Waals surface area contributed by atoms with Gasteiger partial charge in [-0.3, -0.25) is 4.79 Å². The van der Waals surface area contributed by atoms with Crippen LogP contribution in [0.15, 0.2) is 11.6 Å². The van der Waals surface area contributed by atoms with Gasteiger partial charge in [0.2, 0.25) is 6.29 Å². The Balaban J connectivity index is 1.18. The molecule has 0 aromatic carbocycles. The monoisotopic (exact) mass is 766 g/mol. The first-order valence-corrected chi connectivity index (χ1v) is 20.3. The van der Waals surface area contributed by atoms with E-state index >= 15 is 0 Å². The van der Waals surface area contributed by atoms with E-state index < -0.39 is 97.3 Å². The predicted molar refractivity (Wildman–Crippen MR) is 193 cm³/mol. The fourth-order valence-electron chi connectivity index (χ4n) is 13.3. The van der Waals surface area contributed by atoms with Crippen molar-refractivity contribution in [2.45, 2.75) is 174 Å². The summed E-state index contributed by atoms with van der Waals surface area (Å²) in [5.41, 5.74) is -1.34. The molecule has 6 fully saturated rings. The Morgan fingerprint density at radius 2 is 1.31 bits per heavy atom. The zero-order valence-corrected chi connectivity index (χ0v) is 33.1. The third-order valence-corrected chi connectivity index (χ3v) is 17.1. The van der Waals surface area contributed by atoms with Crippen molar-refractivity contribution >= 4 is 5.97 Å². The van der Waals surface area contributed by atoms with Crippen molar-refractivity contribution in [1.29, 1.82) is 0 Å². The number of carbonyl (C=O) groups excluding carboxylic acids is 1. The second kappa shape index (κ2) is 13.7. The first-order valence-electron chi connectivity index (χ1n) is 20.3. The van der Waals surface area contributed by atoms with E-state index in [1.165, 1.54) is 0 Å². The summed E-state index contributed by atoms with van der Waals surface area (Å²) in [7, 11) is 0. The topological polar surface area (TPSA) is 216 Å². The third kappa shape index (κ3) is 5.68. The first kappa shape index (κ1) is 40.9. The summed E-state index contributed by atoms with van der Waals surface area (Å²) in [6.45, 7) is 14.7. The molecule has 0 aromatic heterocycles. The maximum atomic E-state index is 14.6. The zero-order chi connectivity index (χ0) is 39.6. The Hall–Kier alpha value is -1.23. The number of hydrogen-bond donors (Lipinski definition) is 8. The lowest BCUT2D eigenvalue weighted by molar-refractivity contribution is -0.298. The molecule has 5 aliphatic carbocycles. The summed E-state index contributed by atoms with van der Waals surface area (Å²) >= 11 is 0. The Bertz CT molecular complexity index is 1470. The van der Waals surface area contributed by atoms with E-state index in [0.29, 0.717) is 31.6 Å². The Morgan fingerprint density at radius 1 is 0.722 bits per heavy atom. The summed E-state index contributed by atoms with van der Waals surface area (Å²) in [6, 6.07) is 0. The molecule has 0 spiro atoms. The van der Waals surface area contributed by atoms with Crippen LogP contribution in [0.5, 0.6) is 0 Å². The molecule has 2 heterocycles. The van der Waals surface area contributed by atoms with E-state index in [1.807, 2.05) is 13.8 Å². The fourth-order valence-corrected chi connectivity index (χ4v) is 13.3. The van der Waals surface area contributed by atoms with Gasteiger partial charge in [-0.2, -0.15) is 0 Å². The molecule has 18 atom stereocenters. The van der Waals surface area contributed by atoms with Crippen molar-refractivity contribution in [2.24, 2.45) is 50.2 Å². The quantitative estimate of drug-likeness (QED) is 0.144. The molecule has 7 rings (SSSR count). The standard InChI is InChI=1S/C41H66O13/c1-36(2)14-16-41(35(50)54-34-31(48)29(46)27(44)21(18-42)52-34)17-15-39(6)20(26(41)32(36)49)8-9-24-38(5)12-11-25(37(3,4)23(38)10-13-40(24,39)7)53-33-30(47)28(45)22(19-43)51-33/h8,21-34,42-49H,9-19H2,1-7H3/t21-,22-,23+,24-,25+,26-,27-,28-,29+,30+,31-,32+,33-,34+,38+,39-,40-,41+/m1/s1. The third-order valence-electron chi connectivity index (χ3n) is 17.1. The highest BCUT2D eigenvalue weighted by atomic mass is 16.7. The van der Waals surface area contributed by atoms with Crippen LogP contribution in [0, 0.1) is 50.2 Å². The maximum absolute atomic E-state index is 14.6. The van der Waals surface area contributed by atoms with Gasteiger partial charge in [-0.1, -0.05) is 60.1 Å². The lowest BCUT2D eigenvalue weighted by Crippen LogP contribution is -2.67. The van der Waals surface area contributed by atoms with Crippen LogP contribution in [0.25, 0.3) is 0 Å². The smallest absolute Gasteiger partial charge is 0.315 e. The molecule has 308 valence electrons. The van der Waals surface area contributed by atoms with Crippen LogP contribution in [-0.2, 0) is 23.7 Å². The van der Waals surface area contributed by atoms with Crippen LogP contribution in [-0.4, -0.2) is 128 Å². The van der Waals surface area contributed by atoms with Crippen LogP contribution in [0.4, 0.5) is 0 Å². The molecule has 0 aromatic rings. The molecule has 13 nitrogen and oxygen atoms in total. The highest BCUT2D eigenvalue weighted by molar-refractivity contribution is 5.79. The molecule has 2 saturated heterocycles. The van der Waals surface area contributed by atoms with Crippen molar-refractivity contribution < 1.29 is 64.6 Å². The molecular formula is C41H66O13. The van der Waals surface area contributed by atoms with E-state index in [2.05, 4.69) is 40.7 Å². The van der Waals surface area contributed by atoms with Gasteiger partial charge in [0, 0.05) is 5.92 Å². The highest BCUT2D eigenvalue weighted by Gasteiger charge is 2.71. The highest BCUT2D eigenvalue weighted by Crippen LogP contribution is 2.76. The van der Waals surface area contributed by atoms with E-state index in [0.717, 1.165) is 37.7 Å². The van der Waals surface area contributed by atoms with Gasteiger partial charge in [-0.15, -0.1) is 0 Å². The predicted octanol–water partition coefficient (Wildman–Crippen LogP) is 1.93. The molecule has 0 radical (unpaired) electrons. The minimum Gasteiger partial charge on any atom is -0.432 e. The summed E-state index contributed by atoms with van der Waals surface area (Å²) < 4.78 is 23.7. The maximum Gasteiger partial charge on any atom is 0.315 e. The average Bonchev–Trinajstić information content (AvgIpc) is 3.39. The minimum atomic E-state index is -1.71. The van der Waals surface area contributed by atoms with E-state index in [4.69, 9.17) is 18.9 Å². The molecule has 2 aliphatic heterocycles. The number of carbonyl (C=O) groups is 1. The van der Waals surface area contributed by atoms with Gasteiger partial charge < -0.3 is 59.8 Å². The lowest BCUT2D eigenvalue weighted by atomic mass is 9.33. The van der Waals surface area contributed by atoms with E-state index in [-0.39, 0.29) is 33.7 Å². The number of aliphatic hydroxyl groups excluding tert-OH is 8. The number of ether oxygens (including phenoxy) is 4. The van der Waals surface area contributed by atoms with Crippen LogP contribution < -0.4 is 0 Å². The number of fused-ring (bicyclic) bond motifs is 7. The zero-order valence-electron chi connectivity index (χ0n) is 33.1. The van der Waals surface area contributed by atoms with Crippen LogP contribution >= 0.6 is 0 Å². The average molecular weight is 767 g/mol. The van der Waals surface area contributed by atoms with Crippen molar-refractivity contribution in [3.63, 3.8) is 0 Å². The molecule has 4 saturated carbocycles. The Kier molecular flexibility index (Phi) is 10.4. The normalized spacial score (nSPS) is 53.6. The molecule has 54 heavy (non-hydrogen) atoms. The van der Waals surface area contributed by atoms with Crippen LogP contribution in [0.2, 0.25) is 0 Å². The molecule has 0 unspecified atom stereocenters. The fraction of sp³-hybridized carbons (Fsp3) is 0.927. The number of esters is 1. The number of rotatable bonds is 6. The van der Waals surface area contributed by atoms with Gasteiger partial charge in [0.1, 0.15) is 42.7 Å². The largest absolute Gasteiger partial charge is 0.432 e. The lowest BCUT2D eigenvalue weighted by Gasteiger charge is -2.71. The van der Waals surface area contributed by atoms with Crippen LogP contribution in [0.3, 0.4) is 0 Å². The summed E-state index contributed by atoms with van der Waals surface area (Å²) in [4.78, 5) is 14.6. The summed E-state index contributed by atoms with van der Waals surface area (Å²) in [6.07, 6.45) is -4.37. The van der Waals surface area contributed by atoms with Gasteiger partial charge in [-0.25, -0.2) is 0 Å². The van der Waals surface area contributed by atoms with Gasteiger partial charge in [0.15, 0.2) is 6.29 Å². The minimum absolute atomic E-state index is 0.0648. The van der Waals surface area contributed by atoms with Crippen molar-refractivity contribution in [1.82, 2.24) is 0 Å². The molecule has 13 heteroatoms. The van der Waals surface area contributed by atoms with Gasteiger partial charge >= 0.3 is 5.97 Å². The van der Waals surface area contributed by atoms with Crippen LogP contribution in [0.1, 0.15) is 106 Å².